The van der Waals surface area contributed by atoms with Crippen LogP contribution < -0.4 is 16.4 Å². The maximum absolute atomic E-state index is 2.71. The Hall–Kier alpha value is -6.44. The molecule has 6 aliphatic rings. The fraction of sp³-hybridized carbons (Fsp3) is 0.206. The summed E-state index contributed by atoms with van der Waals surface area (Å²) >= 11 is 0. The summed E-state index contributed by atoms with van der Waals surface area (Å²) in [5, 5.41) is 5.77. The van der Waals surface area contributed by atoms with E-state index in [0.29, 0.717) is 0 Å². The Bertz CT molecular complexity index is 3540. The van der Waals surface area contributed by atoms with Crippen LogP contribution in [0.25, 0.3) is 88.3 Å². The average Bonchev–Trinajstić information content (AvgIpc) is 3.85. The Labute approximate surface area is 377 Å². The van der Waals surface area contributed by atoms with E-state index in [-0.39, 0.29) is 28.4 Å². The van der Waals surface area contributed by atoms with Crippen molar-refractivity contribution in [1.29, 1.82) is 0 Å². The zero-order chi connectivity index (χ0) is 43.3. The van der Waals surface area contributed by atoms with Crippen LogP contribution in [0.3, 0.4) is 0 Å². The molecule has 0 N–H and O–H groups in total. The molecular weight excluding hydrogens is 768 g/mol. The number of fused-ring (bicyclic) bond motifs is 20. The number of hydrogen-bond donors (Lipinski definition) is 0. The van der Waals surface area contributed by atoms with Crippen LogP contribution in [0.15, 0.2) is 133 Å². The smallest absolute Gasteiger partial charge is 0.0619 e. The van der Waals surface area contributed by atoms with E-state index in [1.165, 1.54) is 155 Å². The number of aryl methyl sites for hydroxylation is 1. The van der Waals surface area contributed by atoms with E-state index in [0.717, 1.165) is 0 Å². The predicted octanol–water partition coefficient (Wildman–Crippen LogP) is 14.0. The highest BCUT2D eigenvalue weighted by atomic mass is 14.5. The molecule has 0 spiro atoms. The van der Waals surface area contributed by atoms with Gasteiger partial charge in [0, 0.05) is 21.7 Å². The fourth-order valence-electron chi connectivity index (χ4n) is 14.9. The van der Waals surface area contributed by atoms with Crippen LogP contribution >= 0.6 is 0 Å². The summed E-state index contributed by atoms with van der Waals surface area (Å²) < 4.78 is 0. The van der Waals surface area contributed by atoms with Gasteiger partial charge >= 0.3 is 0 Å². The Kier molecular flexibility index (Phi) is 6.13. The Morgan fingerprint density at radius 1 is 0.312 bits per heavy atom. The third-order valence-electron chi connectivity index (χ3n) is 17.9. The van der Waals surface area contributed by atoms with Gasteiger partial charge in [0.2, 0.25) is 6.71 Å². The highest BCUT2D eigenvalue weighted by Gasteiger charge is 2.50. The minimum absolute atomic E-state index is 0.0654. The Morgan fingerprint density at radius 2 is 0.625 bits per heavy atom. The molecule has 15 rings (SSSR count). The van der Waals surface area contributed by atoms with E-state index in [1.54, 1.807) is 0 Å². The molecule has 2 heterocycles. The van der Waals surface area contributed by atoms with E-state index < -0.39 is 0 Å². The second-order valence-corrected chi connectivity index (χ2v) is 22.4. The molecular formula is C63H49B. The maximum atomic E-state index is 2.71. The predicted molar refractivity (Wildman–Crippen MR) is 272 cm³/mol. The van der Waals surface area contributed by atoms with Crippen LogP contribution in [0, 0.1) is 6.92 Å². The van der Waals surface area contributed by atoms with Gasteiger partial charge in [0.1, 0.15) is 0 Å². The molecule has 0 aromatic heterocycles. The molecule has 2 aliphatic heterocycles. The second kappa shape index (κ2) is 10.9. The largest absolute Gasteiger partial charge is 0.244 e. The number of benzene rings is 9. The van der Waals surface area contributed by atoms with Gasteiger partial charge in [-0.15, -0.1) is 0 Å². The zero-order valence-electron chi connectivity index (χ0n) is 38.3. The van der Waals surface area contributed by atoms with Crippen LogP contribution in [0.5, 0.6) is 0 Å². The summed E-state index contributed by atoms with van der Waals surface area (Å²) in [6.45, 7) is 22.2. The third kappa shape index (κ3) is 3.77. The van der Waals surface area contributed by atoms with E-state index in [1.807, 2.05) is 0 Å². The molecule has 0 atom stereocenters. The van der Waals surface area contributed by atoms with Gasteiger partial charge in [-0.25, -0.2) is 0 Å². The first-order valence-electron chi connectivity index (χ1n) is 23.6. The normalized spacial score (nSPS) is 17.6. The van der Waals surface area contributed by atoms with Crippen molar-refractivity contribution >= 4 is 44.6 Å². The minimum Gasteiger partial charge on any atom is -0.0619 e. The van der Waals surface area contributed by atoms with Gasteiger partial charge in [0.05, 0.1) is 0 Å². The second-order valence-electron chi connectivity index (χ2n) is 22.4. The van der Waals surface area contributed by atoms with Crippen molar-refractivity contribution in [3.05, 3.63) is 184 Å². The Balaban J connectivity index is 1.20. The van der Waals surface area contributed by atoms with Gasteiger partial charge in [-0.3, -0.25) is 0 Å². The molecule has 4 aliphatic carbocycles. The molecule has 0 nitrogen and oxygen atoms in total. The van der Waals surface area contributed by atoms with Gasteiger partial charge in [-0.1, -0.05) is 193 Å². The summed E-state index contributed by atoms with van der Waals surface area (Å²) in [5.41, 5.74) is 33.9. The molecule has 0 radical (unpaired) electrons. The first kappa shape index (κ1) is 36.0. The van der Waals surface area contributed by atoms with Crippen LogP contribution in [-0.2, 0) is 21.7 Å². The van der Waals surface area contributed by atoms with Crippen molar-refractivity contribution < 1.29 is 0 Å². The summed E-state index contributed by atoms with van der Waals surface area (Å²) in [7, 11) is 0. The summed E-state index contributed by atoms with van der Waals surface area (Å²) in [6.07, 6.45) is 0. The van der Waals surface area contributed by atoms with Crippen LogP contribution in [0.4, 0.5) is 0 Å². The molecule has 0 saturated heterocycles. The lowest BCUT2D eigenvalue weighted by Crippen LogP contribution is -2.58. The monoisotopic (exact) mass is 816 g/mol. The van der Waals surface area contributed by atoms with Gasteiger partial charge in [0.25, 0.3) is 0 Å². The van der Waals surface area contributed by atoms with Gasteiger partial charge in [-0.05, 0) is 157 Å². The molecule has 9 aromatic carbocycles. The van der Waals surface area contributed by atoms with Crippen molar-refractivity contribution in [3.63, 3.8) is 0 Å². The molecule has 0 saturated carbocycles. The standard InChI is InChI=1S/C63H49B/c1-32-26-39-57-53-35-20-12-16-24-43(35)60(2,3)45(53)28-37-51-33-18-10-14-22-41(33)62(6,7)47(51)30-49(55(37)57)64-50-31-48-52(34-19-11-15-23-42(34)63(48,8)9)38-29-46-54(58(56(38)50)40(27-32)59(39)64)36-21-13-17-25-44(36)61(46,4)5/h10-31H,1-9H3. The lowest BCUT2D eigenvalue weighted by molar-refractivity contribution is 0.660. The Morgan fingerprint density at radius 3 is 0.984 bits per heavy atom. The highest BCUT2D eigenvalue weighted by molar-refractivity contribution is 7.01. The first-order valence-corrected chi connectivity index (χ1v) is 23.6. The van der Waals surface area contributed by atoms with E-state index >= 15 is 0 Å². The van der Waals surface area contributed by atoms with Crippen molar-refractivity contribution in [2.45, 2.75) is 84.0 Å². The molecule has 9 aromatic rings. The van der Waals surface area contributed by atoms with Gasteiger partial charge in [0.15, 0.2) is 0 Å². The van der Waals surface area contributed by atoms with Crippen molar-refractivity contribution in [1.82, 2.24) is 0 Å². The minimum atomic E-state index is -0.149. The molecule has 64 heavy (non-hydrogen) atoms. The fourth-order valence-corrected chi connectivity index (χ4v) is 14.9. The number of hydrogen-bond acceptors (Lipinski definition) is 0. The van der Waals surface area contributed by atoms with Crippen LogP contribution in [0.2, 0.25) is 0 Å². The lowest BCUT2D eigenvalue weighted by atomic mass is 9.30. The highest BCUT2D eigenvalue weighted by Crippen LogP contribution is 2.62. The summed E-state index contributed by atoms with van der Waals surface area (Å²) in [6, 6.07) is 53.2. The van der Waals surface area contributed by atoms with Crippen LogP contribution in [-0.4, -0.2) is 6.71 Å². The van der Waals surface area contributed by atoms with Crippen molar-refractivity contribution in [3.8, 4) is 66.8 Å². The molecule has 0 bridgehead atoms. The molecule has 0 unspecified atom stereocenters. The first-order chi connectivity index (χ1) is 30.7. The summed E-state index contributed by atoms with van der Waals surface area (Å²) in [5.74, 6) is 0. The van der Waals surface area contributed by atoms with E-state index in [4.69, 9.17) is 0 Å². The summed E-state index contributed by atoms with van der Waals surface area (Å²) in [4.78, 5) is 0. The van der Waals surface area contributed by atoms with Gasteiger partial charge < -0.3 is 0 Å². The number of rotatable bonds is 0. The van der Waals surface area contributed by atoms with Crippen molar-refractivity contribution in [2.24, 2.45) is 0 Å². The topological polar surface area (TPSA) is 0 Å². The molecule has 1 heteroatoms. The van der Waals surface area contributed by atoms with E-state index in [9.17, 15) is 0 Å². The molecule has 0 amide bonds. The third-order valence-corrected chi connectivity index (χ3v) is 17.9. The molecule has 304 valence electrons. The van der Waals surface area contributed by atoms with Gasteiger partial charge in [-0.2, -0.15) is 0 Å². The maximum Gasteiger partial charge on any atom is 0.244 e. The van der Waals surface area contributed by atoms with Crippen molar-refractivity contribution in [2.75, 3.05) is 0 Å². The van der Waals surface area contributed by atoms with Crippen LogP contribution in [0.1, 0.15) is 105 Å². The quantitative estimate of drug-likeness (QED) is 0.134. The lowest BCUT2D eigenvalue weighted by Gasteiger charge is -2.38. The molecule has 0 fully saturated rings. The van der Waals surface area contributed by atoms with E-state index in [2.05, 4.69) is 196 Å². The zero-order valence-corrected chi connectivity index (χ0v) is 38.3. The average molecular weight is 817 g/mol. The SMILES string of the molecule is Cc1cc2c3c(c1)-c1c4c(cc5c6c(cc(c15)B3c1cc3c(c5cc7c(c-2c15)-c1ccccc1C7(C)C)-c1ccccc1C3(C)C)C(C)(C)c1ccccc1-6)C(C)(C)c1ccccc1-4.